The first-order chi connectivity index (χ1) is 16.2. The molecule has 6 atom stereocenters. The second kappa shape index (κ2) is 8.20. The van der Waals surface area contributed by atoms with Gasteiger partial charge in [0.05, 0.1) is 18.9 Å². The highest BCUT2D eigenvalue weighted by Crippen LogP contribution is 2.65. The van der Waals surface area contributed by atoms with E-state index in [0.717, 1.165) is 48.3 Å². The molecule has 6 unspecified atom stereocenters. The van der Waals surface area contributed by atoms with Crippen LogP contribution in [0, 0.1) is 35.5 Å². The Morgan fingerprint density at radius 1 is 1.06 bits per heavy atom. The second-order valence-corrected chi connectivity index (χ2v) is 9.85. The number of rotatable bonds is 10. The van der Waals surface area contributed by atoms with Gasteiger partial charge in [0.2, 0.25) is 11.8 Å². The van der Waals surface area contributed by atoms with E-state index in [1.165, 1.54) is 6.42 Å². The molecule has 2 heterocycles. The van der Waals surface area contributed by atoms with Crippen LogP contribution in [0.25, 0.3) is 10.9 Å². The molecule has 4 aliphatic carbocycles. The molecule has 3 fully saturated rings. The van der Waals surface area contributed by atoms with Crippen molar-refractivity contribution in [3.63, 3.8) is 0 Å². The number of methoxy groups -OCH3 is 1. The van der Waals surface area contributed by atoms with Crippen molar-refractivity contribution >= 4 is 22.7 Å². The first-order valence-corrected chi connectivity index (χ1v) is 12.2. The smallest absolute Gasteiger partial charge is 0.233 e. The van der Waals surface area contributed by atoms with Crippen molar-refractivity contribution in [1.82, 2.24) is 15.2 Å². The minimum absolute atomic E-state index is 0.0731. The fourth-order valence-corrected chi connectivity index (χ4v) is 6.44. The van der Waals surface area contributed by atoms with Crippen LogP contribution in [0.3, 0.4) is 0 Å². The van der Waals surface area contributed by atoms with Crippen LogP contribution >= 0.6 is 0 Å². The molecule has 2 amide bonds. The summed E-state index contributed by atoms with van der Waals surface area (Å²) in [6.07, 6.45) is 9.30. The number of imide groups is 1. The molecule has 0 spiro atoms. The molecule has 2 bridgehead atoms. The van der Waals surface area contributed by atoms with E-state index in [1.54, 1.807) is 12.0 Å². The maximum atomic E-state index is 13.0. The predicted octanol–water partition coefficient (Wildman–Crippen LogP) is 2.98. The Labute approximate surface area is 193 Å². The number of carbonyl (C=O) groups is 2. The summed E-state index contributed by atoms with van der Waals surface area (Å²) in [4.78, 5) is 30.7. The van der Waals surface area contributed by atoms with Crippen molar-refractivity contribution in [1.29, 1.82) is 0 Å². The molecule has 1 aromatic heterocycles. The number of allylic oxidation sites excluding steroid dienone is 2. The van der Waals surface area contributed by atoms with Gasteiger partial charge in [-0.25, -0.2) is 0 Å². The number of fused-ring (bicyclic) bond motifs is 1. The molecule has 7 rings (SSSR count). The summed E-state index contributed by atoms with van der Waals surface area (Å²) in [5.41, 5.74) is 1.02. The minimum Gasteiger partial charge on any atom is -0.497 e. The van der Waals surface area contributed by atoms with Crippen LogP contribution in [0.4, 0.5) is 0 Å². The zero-order valence-electron chi connectivity index (χ0n) is 19.0. The first kappa shape index (κ1) is 20.8. The van der Waals surface area contributed by atoms with E-state index in [4.69, 9.17) is 9.47 Å². The van der Waals surface area contributed by atoms with Crippen molar-refractivity contribution < 1.29 is 19.1 Å². The molecule has 7 heteroatoms. The lowest BCUT2D eigenvalue weighted by molar-refractivity contribution is -0.140. The number of likely N-dealkylation sites (tertiary alicyclic amines) is 1. The van der Waals surface area contributed by atoms with Gasteiger partial charge in [-0.05, 0) is 67.7 Å². The highest BCUT2D eigenvalue weighted by Gasteiger charge is 2.66. The lowest BCUT2D eigenvalue weighted by atomic mass is 9.63. The number of nitrogens with one attached hydrogen (secondary N) is 2. The number of carbonyl (C=O) groups excluding carboxylic acids is 2. The second-order valence-electron chi connectivity index (χ2n) is 9.85. The van der Waals surface area contributed by atoms with Crippen molar-refractivity contribution in [3.05, 3.63) is 36.5 Å². The zero-order chi connectivity index (χ0) is 22.5. The lowest BCUT2D eigenvalue weighted by Crippen LogP contribution is -2.40. The van der Waals surface area contributed by atoms with E-state index in [0.29, 0.717) is 36.8 Å². The molecule has 2 aromatic rings. The van der Waals surface area contributed by atoms with Crippen molar-refractivity contribution in [2.75, 3.05) is 33.4 Å². The Morgan fingerprint density at radius 2 is 1.82 bits per heavy atom. The summed E-state index contributed by atoms with van der Waals surface area (Å²) in [5, 5.41) is 4.40. The summed E-state index contributed by atoms with van der Waals surface area (Å²) in [6.45, 7) is 2.69. The van der Waals surface area contributed by atoms with Crippen LogP contribution in [0.2, 0.25) is 0 Å². The third kappa shape index (κ3) is 3.44. The standard InChI is InChI=1S/C26H31N3O4/c1-32-15-4-7-21-20(12-15)22(14-28-21)33-11-9-27-8-2-3-10-29-25(30)23-16-5-6-17(19-13-18(16)19)24(23)26(29)31/h4-7,12,14,16-19,23-24,27-28H,2-3,8-11,13H2,1H3. The Balaban J connectivity index is 0.917. The van der Waals surface area contributed by atoms with Crippen LogP contribution in [-0.4, -0.2) is 55.0 Å². The maximum absolute atomic E-state index is 13.0. The third-order valence-electron chi connectivity index (χ3n) is 8.13. The molecule has 2 N–H and O–H groups in total. The van der Waals surface area contributed by atoms with Gasteiger partial charge in [0, 0.05) is 30.2 Å². The van der Waals surface area contributed by atoms with Gasteiger partial charge in [-0.15, -0.1) is 0 Å². The number of nitrogens with zero attached hydrogens (tertiary/aromatic N) is 1. The highest BCUT2D eigenvalue weighted by atomic mass is 16.5. The average Bonchev–Trinajstić information content (AvgIpc) is 3.52. The zero-order valence-corrected chi connectivity index (χ0v) is 19.0. The normalized spacial score (nSPS) is 31.2. The van der Waals surface area contributed by atoms with E-state index < -0.39 is 0 Å². The number of hydrogen-bond donors (Lipinski definition) is 2. The SMILES string of the molecule is COc1ccc2[nH]cc(OCCNCCCCN3C(=O)C4C5C=CC(C6CC56)C4C3=O)c2c1. The monoisotopic (exact) mass is 449 g/mol. The quantitative estimate of drug-likeness (QED) is 0.331. The molecule has 0 radical (unpaired) electrons. The van der Waals surface area contributed by atoms with Crippen molar-refractivity contribution in [3.8, 4) is 11.5 Å². The van der Waals surface area contributed by atoms with Crippen molar-refractivity contribution in [2.45, 2.75) is 19.3 Å². The number of benzene rings is 1. The van der Waals surface area contributed by atoms with Gasteiger partial charge < -0.3 is 19.8 Å². The molecule has 1 aromatic carbocycles. The first-order valence-electron chi connectivity index (χ1n) is 12.2. The van der Waals surface area contributed by atoms with Crippen LogP contribution in [0.15, 0.2) is 36.5 Å². The molecule has 5 aliphatic rings. The van der Waals surface area contributed by atoms with Gasteiger partial charge in [0.15, 0.2) is 0 Å². The lowest BCUT2D eigenvalue weighted by Gasteiger charge is -2.37. The van der Waals surface area contributed by atoms with Gasteiger partial charge in [-0.2, -0.15) is 0 Å². The summed E-state index contributed by atoms with van der Waals surface area (Å²) in [5.74, 6) is 3.60. The van der Waals surface area contributed by atoms with Crippen LogP contribution < -0.4 is 14.8 Å². The molecule has 33 heavy (non-hydrogen) atoms. The number of ether oxygens (including phenoxy) is 2. The van der Waals surface area contributed by atoms with E-state index in [-0.39, 0.29) is 23.7 Å². The van der Waals surface area contributed by atoms with E-state index >= 15 is 0 Å². The van der Waals surface area contributed by atoms with Crippen molar-refractivity contribution in [2.24, 2.45) is 35.5 Å². The summed E-state index contributed by atoms with van der Waals surface area (Å²) in [6, 6.07) is 5.87. The molecule has 7 nitrogen and oxygen atoms in total. The van der Waals surface area contributed by atoms with Crippen LogP contribution in [-0.2, 0) is 9.59 Å². The maximum Gasteiger partial charge on any atom is 0.233 e. The van der Waals surface area contributed by atoms with E-state index in [1.807, 2.05) is 24.4 Å². The van der Waals surface area contributed by atoms with Gasteiger partial charge in [-0.1, -0.05) is 12.2 Å². The molecule has 1 saturated heterocycles. The van der Waals surface area contributed by atoms with E-state index in [9.17, 15) is 9.59 Å². The number of amides is 2. The van der Waals surface area contributed by atoms with Gasteiger partial charge in [0.25, 0.3) is 0 Å². The number of H-pyrrole nitrogens is 1. The third-order valence-corrected chi connectivity index (χ3v) is 8.13. The number of aromatic amines is 1. The van der Waals surface area contributed by atoms with Crippen LogP contribution in [0.5, 0.6) is 11.5 Å². The summed E-state index contributed by atoms with van der Waals surface area (Å²) < 4.78 is 11.2. The topological polar surface area (TPSA) is 83.7 Å². The highest BCUT2D eigenvalue weighted by molar-refractivity contribution is 6.06. The Hall–Kier alpha value is -2.80. The Bertz CT molecular complexity index is 1070. The summed E-state index contributed by atoms with van der Waals surface area (Å²) in [7, 11) is 1.66. The molecular formula is C26H31N3O4. The summed E-state index contributed by atoms with van der Waals surface area (Å²) >= 11 is 0. The fraction of sp³-hybridized carbons (Fsp3) is 0.538. The molecular weight excluding hydrogens is 418 g/mol. The van der Waals surface area contributed by atoms with Gasteiger partial charge >= 0.3 is 0 Å². The molecule has 2 saturated carbocycles. The van der Waals surface area contributed by atoms with Gasteiger partial charge in [0.1, 0.15) is 18.1 Å². The predicted molar refractivity (Wildman–Crippen MR) is 124 cm³/mol. The largest absolute Gasteiger partial charge is 0.497 e. The Morgan fingerprint density at radius 3 is 2.55 bits per heavy atom. The molecule has 174 valence electrons. The van der Waals surface area contributed by atoms with Gasteiger partial charge in [-0.3, -0.25) is 14.5 Å². The Kier molecular flexibility index (Phi) is 5.17. The number of aromatic nitrogens is 1. The van der Waals surface area contributed by atoms with Crippen LogP contribution in [0.1, 0.15) is 19.3 Å². The molecule has 1 aliphatic heterocycles. The average molecular weight is 450 g/mol. The number of unbranched alkanes of at least 4 members (excludes halogenated alkanes) is 1. The minimum atomic E-state index is -0.0731. The van der Waals surface area contributed by atoms with E-state index in [2.05, 4.69) is 22.5 Å². The number of hydrogen-bond acceptors (Lipinski definition) is 5. The fourth-order valence-electron chi connectivity index (χ4n) is 6.44.